The highest BCUT2D eigenvalue weighted by molar-refractivity contribution is 9.10. The van der Waals surface area contributed by atoms with Gasteiger partial charge in [-0.05, 0) is 74.4 Å². The first-order valence-corrected chi connectivity index (χ1v) is 17.2. The van der Waals surface area contributed by atoms with Gasteiger partial charge < -0.3 is 10.2 Å². The van der Waals surface area contributed by atoms with Gasteiger partial charge in [0.2, 0.25) is 11.8 Å². The van der Waals surface area contributed by atoms with Crippen molar-refractivity contribution in [2.45, 2.75) is 50.2 Å². The van der Waals surface area contributed by atoms with Gasteiger partial charge >= 0.3 is 0 Å². The van der Waals surface area contributed by atoms with Crippen LogP contribution in [0.3, 0.4) is 0 Å². The minimum Gasteiger partial charge on any atom is -0.350 e. The summed E-state index contributed by atoms with van der Waals surface area (Å²) in [6.45, 7) is 5.04. The van der Waals surface area contributed by atoms with E-state index in [1.807, 2.05) is 75.4 Å². The predicted molar refractivity (Wildman–Crippen MR) is 184 cm³/mol. The van der Waals surface area contributed by atoms with E-state index >= 15 is 0 Å². The van der Waals surface area contributed by atoms with Crippen molar-refractivity contribution in [3.63, 3.8) is 0 Å². The maximum atomic E-state index is 14.5. The van der Waals surface area contributed by atoms with Crippen molar-refractivity contribution in [2.24, 2.45) is 0 Å². The van der Waals surface area contributed by atoms with E-state index in [-0.39, 0.29) is 39.5 Å². The van der Waals surface area contributed by atoms with Crippen molar-refractivity contribution in [1.29, 1.82) is 0 Å². The van der Waals surface area contributed by atoms with Gasteiger partial charge in [-0.1, -0.05) is 99.8 Å². The molecule has 2 amide bonds. The van der Waals surface area contributed by atoms with Crippen LogP contribution < -0.4 is 9.62 Å². The molecule has 1 N–H and O–H groups in total. The second-order valence-electron chi connectivity index (χ2n) is 11.5. The lowest BCUT2D eigenvalue weighted by molar-refractivity contribution is -0.140. The van der Waals surface area contributed by atoms with Crippen LogP contribution in [-0.2, 0) is 32.6 Å². The maximum Gasteiger partial charge on any atom is 0.264 e. The molecule has 1 atom stereocenters. The Kier molecular flexibility index (Phi) is 11.4. The van der Waals surface area contributed by atoms with Crippen molar-refractivity contribution in [1.82, 2.24) is 10.2 Å². The lowest BCUT2D eigenvalue weighted by Crippen LogP contribution is -2.56. The molecule has 7 nitrogen and oxygen atoms in total. The molecule has 0 fully saturated rings. The monoisotopic (exact) mass is 729 g/mol. The lowest BCUT2D eigenvalue weighted by Gasteiger charge is -2.35. The normalized spacial score (nSPS) is 12.3. The Morgan fingerprint density at radius 2 is 1.44 bits per heavy atom. The molecule has 0 heterocycles. The third-order valence-corrected chi connectivity index (χ3v) is 9.83. The molecule has 0 saturated carbocycles. The summed E-state index contributed by atoms with van der Waals surface area (Å²) in [6.07, 6.45) is 0.209. The zero-order valence-corrected chi connectivity index (χ0v) is 29.0. The fraction of sp³-hybridized carbons (Fsp3) is 0.235. The smallest absolute Gasteiger partial charge is 0.264 e. The van der Waals surface area contributed by atoms with Crippen molar-refractivity contribution >= 4 is 66.7 Å². The van der Waals surface area contributed by atoms with Gasteiger partial charge in [0.15, 0.2) is 0 Å². The summed E-state index contributed by atoms with van der Waals surface area (Å²) in [5, 5.41) is 3.39. The molecule has 0 bridgehead atoms. The molecule has 0 aliphatic carbocycles. The molecule has 0 saturated heterocycles. The minimum atomic E-state index is -4.25. The van der Waals surface area contributed by atoms with Crippen molar-refractivity contribution < 1.29 is 18.0 Å². The standard InChI is InChI=1S/C34H34BrCl2N3O4S/c1-34(2,3)38-33(42)31(20-24-11-6-4-7-12-24)39(22-25-13-10-14-26(35)19-25)32(41)23-40(27-17-18-29(36)30(37)21-27)45(43,44)28-15-8-5-9-16-28/h4-19,21,31H,20,22-23H2,1-3H3,(H,38,42)/t31-/m1/s1. The number of halogens is 3. The minimum absolute atomic E-state index is 0.00581. The van der Waals surface area contributed by atoms with Gasteiger partial charge in [-0.3, -0.25) is 13.9 Å². The highest BCUT2D eigenvalue weighted by atomic mass is 79.9. The number of hydrogen-bond acceptors (Lipinski definition) is 4. The van der Waals surface area contributed by atoms with E-state index in [2.05, 4.69) is 21.2 Å². The van der Waals surface area contributed by atoms with E-state index in [0.29, 0.717) is 0 Å². The average molecular weight is 732 g/mol. The number of nitrogens with one attached hydrogen (secondary N) is 1. The Morgan fingerprint density at radius 1 is 0.822 bits per heavy atom. The number of hydrogen-bond donors (Lipinski definition) is 1. The summed E-state index contributed by atoms with van der Waals surface area (Å²) < 4.78 is 29.9. The molecule has 4 rings (SSSR count). The molecule has 0 radical (unpaired) electrons. The quantitative estimate of drug-likeness (QED) is 0.173. The average Bonchev–Trinajstić information content (AvgIpc) is 2.99. The SMILES string of the molecule is CC(C)(C)NC(=O)[C@@H](Cc1ccccc1)N(Cc1cccc(Br)c1)C(=O)CN(c1ccc(Cl)c(Cl)c1)S(=O)(=O)c1ccccc1. The Hall–Kier alpha value is -3.37. The van der Waals surface area contributed by atoms with E-state index in [4.69, 9.17) is 23.2 Å². The van der Waals surface area contributed by atoms with Gasteiger partial charge in [0.25, 0.3) is 10.0 Å². The highest BCUT2D eigenvalue weighted by Gasteiger charge is 2.35. The van der Waals surface area contributed by atoms with Gasteiger partial charge in [-0.2, -0.15) is 0 Å². The number of rotatable bonds is 11. The molecule has 236 valence electrons. The summed E-state index contributed by atoms with van der Waals surface area (Å²) in [4.78, 5) is 29.9. The van der Waals surface area contributed by atoms with E-state index < -0.39 is 34.1 Å². The molecule has 0 aromatic heterocycles. The molecule has 0 aliphatic heterocycles. The number of nitrogens with zero attached hydrogens (tertiary/aromatic N) is 2. The van der Waals surface area contributed by atoms with E-state index in [1.165, 1.54) is 35.2 Å². The van der Waals surface area contributed by atoms with Gasteiger partial charge in [-0.25, -0.2) is 8.42 Å². The fourth-order valence-electron chi connectivity index (χ4n) is 4.73. The summed E-state index contributed by atoms with van der Waals surface area (Å²) in [6, 6.07) is 28.0. The van der Waals surface area contributed by atoms with Crippen LogP contribution in [0.5, 0.6) is 0 Å². The number of anilines is 1. The first kappa shape index (κ1) is 34.5. The van der Waals surface area contributed by atoms with Gasteiger partial charge in [0.05, 0.1) is 20.6 Å². The van der Waals surface area contributed by atoms with E-state index in [9.17, 15) is 18.0 Å². The topological polar surface area (TPSA) is 86.8 Å². The lowest BCUT2D eigenvalue weighted by atomic mass is 10.0. The van der Waals surface area contributed by atoms with Crippen molar-refractivity contribution in [3.8, 4) is 0 Å². The Bertz CT molecular complexity index is 1750. The third kappa shape index (κ3) is 9.33. The van der Waals surface area contributed by atoms with Crippen LogP contribution in [0, 0.1) is 0 Å². The van der Waals surface area contributed by atoms with Crippen LogP contribution in [0.15, 0.2) is 112 Å². The molecule has 45 heavy (non-hydrogen) atoms. The van der Waals surface area contributed by atoms with Crippen molar-refractivity contribution in [3.05, 3.63) is 129 Å². The predicted octanol–water partition coefficient (Wildman–Crippen LogP) is 7.51. The van der Waals surface area contributed by atoms with Crippen LogP contribution >= 0.6 is 39.1 Å². The van der Waals surface area contributed by atoms with Gasteiger partial charge in [0.1, 0.15) is 12.6 Å². The van der Waals surface area contributed by atoms with Crippen LogP contribution in [-0.4, -0.2) is 43.3 Å². The number of carbonyl (C=O) groups excluding carboxylic acids is 2. The van der Waals surface area contributed by atoms with E-state index in [1.54, 1.807) is 18.2 Å². The summed E-state index contributed by atoms with van der Waals surface area (Å²) >= 11 is 16.0. The molecule has 11 heteroatoms. The molecule has 4 aromatic carbocycles. The van der Waals surface area contributed by atoms with Crippen LogP contribution in [0.2, 0.25) is 10.0 Å². The number of carbonyl (C=O) groups is 2. The van der Waals surface area contributed by atoms with Crippen LogP contribution in [0.4, 0.5) is 5.69 Å². The summed E-state index contributed by atoms with van der Waals surface area (Å²) in [5.74, 6) is -0.938. The Morgan fingerprint density at radius 3 is 2.04 bits per heavy atom. The second kappa shape index (κ2) is 14.8. The molecule has 0 spiro atoms. The second-order valence-corrected chi connectivity index (χ2v) is 15.1. The zero-order chi connectivity index (χ0) is 32.8. The first-order valence-electron chi connectivity index (χ1n) is 14.2. The molecule has 0 unspecified atom stereocenters. The van der Waals surface area contributed by atoms with Gasteiger partial charge in [0, 0.05) is 23.0 Å². The van der Waals surface area contributed by atoms with Crippen LogP contribution in [0.25, 0.3) is 0 Å². The highest BCUT2D eigenvalue weighted by Crippen LogP contribution is 2.31. The number of amides is 2. The molecular weight excluding hydrogens is 697 g/mol. The summed E-state index contributed by atoms with van der Waals surface area (Å²) in [5.41, 5.74) is 1.17. The molecular formula is C34H34BrCl2N3O4S. The first-order chi connectivity index (χ1) is 21.2. The third-order valence-electron chi connectivity index (χ3n) is 6.81. The van der Waals surface area contributed by atoms with Crippen molar-refractivity contribution in [2.75, 3.05) is 10.8 Å². The van der Waals surface area contributed by atoms with E-state index in [0.717, 1.165) is 19.9 Å². The number of benzene rings is 4. The van der Waals surface area contributed by atoms with Gasteiger partial charge in [-0.15, -0.1) is 0 Å². The van der Waals surface area contributed by atoms with Crippen LogP contribution in [0.1, 0.15) is 31.9 Å². The number of sulfonamides is 1. The fourth-order valence-corrected chi connectivity index (χ4v) is 6.89. The molecule has 4 aromatic rings. The largest absolute Gasteiger partial charge is 0.350 e. The molecule has 0 aliphatic rings. The Balaban J connectivity index is 1.83. The zero-order valence-electron chi connectivity index (χ0n) is 25.1. The Labute approximate surface area is 283 Å². The maximum absolute atomic E-state index is 14.5. The summed E-state index contributed by atoms with van der Waals surface area (Å²) in [7, 11) is -4.25.